The van der Waals surface area contributed by atoms with E-state index < -0.39 is 0 Å². The van der Waals surface area contributed by atoms with Gasteiger partial charge in [-0.05, 0) is 24.7 Å². The number of methoxy groups -OCH3 is 1. The monoisotopic (exact) mass is 223 g/mol. The molecule has 0 bridgehead atoms. The van der Waals surface area contributed by atoms with Crippen molar-refractivity contribution in [1.82, 2.24) is 14.9 Å². The Labute approximate surface area is 97.0 Å². The highest BCUT2D eigenvalue weighted by Crippen LogP contribution is 2.48. The van der Waals surface area contributed by atoms with Gasteiger partial charge in [0.1, 0.15) is 5.82 Å². The van der Waals surface area contributed by atoms with Crippen molar-refractivity contribution in [1.29, 1.82) is 0 Å². The first-order valence-corrected chi connectivity index (χ1v) is 5.92. The van der Waals surface area contributed by atoms with Gasteiger partial charge in [-0.3, -0.25) is 0 Å². The molecule has 0 unspecified atom stereocenters. The molecule has 0 saturated heterocycles. The van der Waals surface area contributed by atoms with E-state index in [1.807, 2.05) is 19.4 Å². The van der Waals surface area contributed by atoms with E-state index in [1.54, 1.807) is 7.11 Å². The van der Waals surface area contributed by atoms with Crippen LogP contribution in [0.5, 0.6) is 0 Å². The minimum absolute atomic E-state index is 0.515. The summed E-state index contributed by atoms with van der Waals surface area (Å²) in [6.45, 7) is 2.82. The van der Waals surface area contributed by atoms with E-state index in [0.29, 0.717) is 5.41 Å². The molecule has 1 fully saturated rings. The molecular weight excluding hydrogens is 202 g/mol. The maximum absolute atomic E-state index is 5.14. The molecule has 0 spiro atoms. The molecule has 4 heteroatoms. The second-order valence-corrected chi connectivity index (χ2v) is 4.80. The number of nitrogens with one attached hydrogen (secondary N) is 1. The number of nitrogens with zero attached hydrogens (tertiary/aromatic N) is 2. The van der Waals surface area contributed by atoms with Crippen LogP contribution in [-0.2, 0) is 18.3 Å². The van der Waals surface area contributed by atoms with Crippen LogP contribution in [0.1, 0.15) is 25.1 Å². The van der Waals surface area contributed by atoms with Gasteiger partial charge in [0.25, 0.3) is 0 Å². The maximum atomic E-state index is 5.14. The standard InChI is InChI=1S/C12H21N3O/c1-15-7-6-14-11(15)9-13-10-12(3-4-12)5-8-16-2/h6-7,13H,3-5,8-10H2,1-2H3. The Kier molecular flexibility index (Phi) is 3.61. The molecular formula is C12H21N3O. The zero-order valence-corrected chi connectivity index (χ0v) is 10.2. The molecule has 4 nitrogen and oxygen atoms in total. The van der Waals surface area contributed by atoms with E-state index in [4.69, 9.17) is 4.74 Å². The van der Waals surface area contributed by atoms with Crippen molar-refractivity contribution >= 4 is 0 Å². The Balaban J connectivity index is 1.70. The molecule has 1 saturated carbocycles. The fourth-order valence-electron chi connectivity index (χ4n) is 2.02. The molecule has 0 aliphatic heterocycles. The minimum Gasteiger partial charge on any atom is -0.385 e. The summed E-state index contributed by atoms with van der Waals surface area (Å²) in [5.41, 5.74) is 0.515. The third-order valence-corrected chi connectivity index (χ3v) is 3.50. The van der Waals surface area contributed by atoms with Gasteiger partial charge in [0, 0.05) is 39.7 Å². The number of rotatable bonds is 7. The largest absolute Gasteiger partial charge is 0.385 e. The lowest BCUT2D eigenvalue weighted by molar-refractivity contribution is 0.171. The maximum Gasteiger partial charge on any atom is 0.122 e. The zero-order chi connectivity index (χ0) is 11.4. The second kappa shape index (κ2) is 4.97. The number of hydrogen-bond acceptors (Lipinski definition) is 3. The van der Waals surface area contributed by atoms with Crippen molar-refractivity contribution in [2.45, 2.75) is 25.8 Å². The molecule has 1 heterocycles. The highest BCUT2D eigenvalue weighted by Gasteiger charge is 2.41. The second-order valence-electron chi connectivity index (χ2n) is 4.80. The molecule has 0 radical (unpaired) electrons. The average molecular weight is 223 g/mol. The van der Waals surface area contributed by atoms with E-state index in [2.05, 4.69) is 14.9 Å². The molecule has 1 aliphatic rings. The summed E-state index contributed by atoms with van der Waals surface area (Å²) in [6.07, 6.45) is 7.68. The van der Waals surface area contributed by atoms with Gasteiger partial charge < -0.3 is 14.6 Å². The van der Waals surface area contributed by atoms with Crippen LogP contribution in [0.15, 0.2) is 12.4 Å². The van der Waals surface area contributed by atoms with E-state index >= 15 is 0 Å². The van der Waals surface area contributed by atoms with E-state index in [9.17, 15) is 0 Å². The van der Waals surface area contributed by atoms with Crippen molar-refractivity contribution in [3.63, 3.8) is 0 Å². The number of ether oxygens (including phenoxy) is 1. The molecule has 2 rings (SSSR count). The highest BCUT2D eigenvalue weighted by molar-refractivity contribution is 4.96. The fourth-order valence-corrected chi connectivity index (χ4v) is 2.02. The van der Waals surface area contributed by atoms with Crippen LogP contribution in [0.25, 0.3) is 0 Å². The molecule has 16 heavy (non-hydrogen) atoms. The molecule has 1 N–H and O–H groups in total. The summed E-state index contributed by atoms with van der Waals surface area (Å²) in [5, 5.41) is 3.50. The summed E-state index contributed by atoms with van der Waals surface area (Å²) in [7, 11) is 3.80. The number of hydrogen-bond donors (Lipinski definition) is 1. The van der Waals surface area contributed by atoms with Crippen LogP contribution in [0.2, 0.25) is 0 Å². The predicted molar refractivity (Wildman–Crippen MR) is 63.1 cm³/mol. The lowest BCUT2D eigenvalue weighted by Gasteiger charge is -2.15. The zero-order valence-electron chi connectivity index (χ0n) is 10.2. The average Bonchev–Trinajstić information content (AvgIpc) is 2.94. The Morgan fingerprint density at radius 1 is 1.56 bits per heavy atom. The first-order valence-electron chi connectivity index (χ1n) is 5.92. The summed E-state index contributed by atoms with van der Waals surface area (Å²) in [6, 6.07) is 0. The number of aromatic nitrogens is 2. The van der Waals surface area contributed by atoms with Crippen LogP contribution < -0.4 is 5.32 Å². The Bertz CT molecular complexity index is 331. The smallest absolute Gasteiger partial charge is 0.122 e. The van der Waals surface area contributed by atoms with Gasteiger partial charge in [0.2, 0.25) is 0 Å². The topological polar surface area (TPSA) is 39.1 Å². The summed E-state index contributed by atoms with van der Waals surface area (Å²) < 4.78 is 7.20. The minimum atomic E-state index is 0.515. The molecule has 1 aromatic heterocycles. The van der Waals surface area contributed by atoms with Crippen molar-refractivity contribution in [3.8, 4) is 0 Å². The van der Waals surface area contributed by atoms with Crippen molar-refractivity contribution < 1.29 is 4.74 Å². The van der Waals surface area contributed by atoms with Gasteiger partial charge in [-0.2, -0.15) is 0 Å². The lowest BCUT2D eigenvalue weighted by atomic mass is 10.0. The highest BCUT2D eigenvalue weighted by atomic mass is 16.5. The van der Waals surface area contributed by atoms with Crippen molar-refractivity contribution in [2.75, 3.05) is 20.3 Å². The van der Waals surface area contributed by atoms with E-state index in [1.165, 1.54) is 19.3 Å². The predicted octanol–water partition coefficient (Wildman–Crippen LogP) is 1.33. The quantitative estimate of drug-likeness (QED) is 0.758. The van der Waals surface area contributed by atoms with Gasteiger partial charge in [-0.25, -0.2) is 4.98 Å². The molecule has 0 atom stereocenters. The van der Waals surface area contributed by atoms with Gasteiger partial charge in [-0.15, -0.1) is 0 Å². The van der Waals surface area contributed by atoms with Gasteiger partial charge in [0.15, 0.2) is 0 Å². The number of imidazole rings is 1. The molecule has 0 aromatic carbocycles. The van der Waals surface area contributed by atoms with Crippen LogP contribution in [-0.4, -0.2) is 29.8 Å². The molecule has 1 aliphatic carbocycles. The normalized spacial score (nSPS) is 17.6. The molecule has 0 amide bonds. The molecule has 1 aromatic rings. The third-order valence-electron chi connectivity index (χ3n) is 3.50. The van der Waals surface area contributed by atoms with E-state index in [0.717, 1.165) is 25.5 Å². The number of aryl methyl sites for hydroxylation is 1. The first kappa shape index (κ1) is 11.6. The van der Waals surface area contributed by atoms with Gasteiger partial charge in [0.05, 0.1) is 6.54 Å². The van der Waals surface area contributed by atoms with Crippen LogP contribution >= 0.6 is 0 Å². The Hall–Kier alpha value is -0.870. The third kappa shape index (κ3) is 2.83. The first-order chi connectivity index (χ1) is 7.76. The van der Waals surface area contributed by atoms with Gasteiger partial charge >= 0.3 is 0 Å². The lowest BCUT2D eigenvalue weighted by Crippen LogP contribution is -2.25. The van der Waals surface area contributed by atoms with Gasteiger partial charge in [-0.1, -0.05) is 0 Å². The summed E-state index contributed by atoms with van der Waals surface area (Å²) in [4.78, 5) is 4.29. The van der Waals surface area contributed by atoms with Crippen molar-refractivity contribution in [3.05, 3.63) is 18.2 Å². The van der Waals surface area contributed by atoms with Crippen molar-refractivity contribution in [2.24, 2.45) is 12.5 Å². The van der Waals surface area contributed by atoms with Crippen LogP contribution in [0.3, 0.4) is 0 Å². The van der Waals surface area contributed by atoms with Crippen LogP contribution in [0.4, 0.5) is 0 Å². The SMILES string of the molecule is COCCC1(CNCc2nccn2C)CC1. The summed E-state index contributed by atoms with van der Waals surface area (Å²) >= 11 is 0. The fraction of sp³-hybridized carbons (Fsp3) is 0.750. The Morgan fingerprint density at radius 3 is 2.94 bits per heavy atom. The van der Waals surface area contributed by atoms with E-state index in [-0.39, 0.29) is 0 Å². The Morgan fingerprint density at radius 2 is 2.38 bits per heavy atom. The summed E-state index contributed by atoms with van der Waals surface area (Å²) in [5.74, 6) is 1.10. The van der Waals surface area contributed by atoms with Crippen LogP contribution in [0, 0.1) is 5.41 Å². The molecule has 90 valence electrons.